The maximum Gasteiger partial charge on any atom is 0.231 e. The quantitative estimate of drug-likeness (QED) is 0.907. The zero-order valence-electron chi connectivity index (χ0n) is 12.3. The minimum atomic E-state index is 0.203. The van der Waals surface area contributed by atoms with Crippen molar-refractivity contribution >= 4 is 0 Å². The number of nitrogens with two attached hydrogens (primary N) is 1. The van der Waals surface area contributed by atoms with E-state index in [1.807, 2.05) is 12.1 Å². The van der Waals surface area contributed by atoms with Crippen LogP contribution in [0.4, 0.5) is 0 Å². The molecular weight excluding hydrogens is 240 g/mol. The molecule has 1 heterocycles. The first kappa shape index (κ1) is 14.2. The monoisotopic (exact) mass is 264 g/mol. The van der Waals surface area contributed by atoms with Crippen LogP contribution < -0.4 is 15.2 Å². The van der Waals surface area contributed by atoms with Crippen molar-refractivity contribution in [2.24, 2.45) is 11.1 Å². The number of hydrogen-bond donors (Lipinski definition) is 1. The molecule has 0 saturated carbocycles. The molecule has 4 nitrogen and oxygen atoms in total. The Balaban J connectivity index is 2.17. The lowest BCUT2D eigenvalue weighted by Crippen LogP contribution is -2.36. The lowest BCUT2D eigenvalue weighted by molar-refractivity contribution is 0.172. The zero-order chi connectivity index (χ0) is 14.0. The molecule has 4 heteroatoms. The van der Waals surface area contributed by atoms with Gasteiger partial charge in [0.15, 0.2) is 11.5 Å². The van der Waals surface area contributed by atoms with Gasteiger partial charge in [0.1, 0.15) is 0 Å². The summed E-state index contributed by atoms with van der Waals surface area (Å²) in [5.74, 6) is 1.64. The number of fused-ring (bicyclic) bond motifs is 1. The molecule has 19 heavy (non-hydrogen) atoms. The highest BCUT2D eigenvalue weighted by Gasteiger charge is 2.23. The van der Waals surface area contributed by atoms with Crippen LogP contribution in [0.5, 0.6) is 11.5 Å². The Kier molecular flexibility index (Phi) is 4.02. The molecule has 0 aromatic heterocycles. The fourth-order valence-corrected chi connectivity index (χ4v) is 2.55. The molecule has 0 spiro atoms. The normalized spacial score (nSPS) is 15.9. The predicted molar refractivity (Wildman–Crippen MR) is 76.4 cm³/mol. The van der Waals surface area contributed by atoms with E-state index in [9.17, 15) is 0 Å². The van der Waals surface area contributed by atoms with Gasteiger partial charge in [-0.3, -0.25) is 4.90 Å². The van der Waals surface area contributed by atoms with Crippen LogP contribution >= 0.6 is 0 Å². The van der Waals surface area contributed by atoms with Gasteiger partial charge in [-0.05, 0) is 30.2 Å². The van der Waals surface area contributed by atoms with E-state index >= 15 is 0 Å². The molecule has 106 valence electrons. The Morgan fingerprint density at radius 1 is 1.26 bits per heavy atom. The largest absolute Gasteiger partial charge is 0.454 e. The number of ether oxygens (including phenoxy) is 2. The average molecular weight is 264 g/mol. The molecule has 0 radical (unpaired) electrons. The van der Waals surface area contributed by atoms with Crippen molar-refractivity contribution in [2.75, 3.05) is 26.9 Å². The summed E-state index contributed by atoms with van der Waals surface area (Å²) in [6.45, 7) is 8.59. The third-order valence-corrected chi connectivity index (χ3v) is 3.26. The fourth-order valence-electron chi connectivity index (χ4n) is 2.55. The first-order valence-corrected chi connectivity index (χ1v) is 6.70. The van der Waals surface area contributed by atoms with E-state index < -0.39 is 0 Å². The van der Waals surface area contributed by atoms with Crippen molar-refractivity contribution in [1.82, 2.24) is 4.90 Å². The second-order valence-electron chi connectivity index (χ2n) is 6.34. The van der Waals surface area contributed by atoms with Crippen molar-refractivity contribution in [2.45, 2.75) is 26.8 Å². The highest BCUT2D eigenvalue weighted by Crippen LogP contribution is 2.35. The molecule has 1 aromatic carbocycles. The molecule has 0 saturated heterocycles. The molecule has 2 N–H and O–H groups in total. The van der Waals surface area contributed by atoms with E-state index in [2.05, 4.69) is 38.8 Å². The van der Waals surface area contributed by atoms with Crippen LogP contribution in [0.15, 0.2) is 18.2 Å². The first-order valence-electron chi connectivity index (χ1n) is 6.70. The number of hydrogen-bond acceptors (Lipinski definition) is 4. The fraction of sp³-hybridized carbons (Fsp3) is 0.600. The summed E-state index contributed by atoms with van der Waals surface area (Å²) in [4.78, 5) is 2.30. The molecule has 1 aliphatic heterocycles. The average Bonchev–Trinajstić information content (AvgIpc) is 2.74. The Hall–Kier alpha value is -1.26. The molecule has 1 aromatic rings. The summed E-state index contributed by atoms with van der Waals surface area (Å²) < 4.78 is 10.8. The summed E-state index contributed by atoms with van der Waals surface area (Å²) in [5.41, 5.74) is 7.38. The Morgan fingerprint density at radius 2 is 1.95 bits per heavy atom. The molecule has 0 bridgehead atoms. The van der Waals surface area contributed by atoms with Crippen molar-refractivity contribution in [3.05, 3.63) is 23.8 Å². The molecular formula is C15H24N2O2. The van der Waals surface area contributed by atoms with Crippen LogP contribution in [0.2, 0.25) is 0 Å². The van der Waals surface area contributed by atoms with Crippen molar-refractivity contribution in [1.29, 1.82) is 0 Å². The number of rotatable bonds is 4. The van der Waals surface area contributed by atoms with Gasteiger partial charge in [0.2, 0.25) is 6.79 Å². The van der Waals surface area contributed by atoms with E-state index in [0.717, 1.165) is 18.0 Å². The summed E-state index contributed by atoms with van der Waals surface area (Å²) in [7, 11) is 2.12. The molecule has 2 rings (SSSR count). The number of nitrogens with zero attached hydrogens (tertiary/aromatic N) is 1. The Morgan fingerprint density at radius 3 is 2.58 bits per heavy atom. The lowest BCUT2D eigenvalue weighted by atomic mass is 9.94. The van der Waals surface area contributed by atoms with Crippen LogP contribution in [-0.2, 0) is 0 Å². The van der Waals surface area contributed by atoms with Gasteiger partial charge < -0.3 is 15.2 Å². The van der Waals surface area contributed by atoms with Gasteiger partial charge in [-0.25, -0.2) is 0 Å². The van der Waals surface area contributed by atoms with Crippen molar-refractivity contribution in [3.8, 4) is 11.5 Å². The molecule has 1 aliphatic rings. The second-order valence-corrected chi connectivity index (χ2v) is 6.34. The summed E-state index contributed by atoms with van der Waals surface area (Å²) in [5, 5.41) is 0. The van der Waals surface area contributed by atoms with Crippen LogP contribution in [0.3, 0.4) is 0 Å². The van der Waals surface area contributed by atoms with Crippen LogP contribution in [0, 0.1) is 5.41 Å². The van der Waals surface area contributed by atoms with Gasteiger partial charge in [-0.1, -0.05) is 26.8 Å². The molecule has 1 unspecified atom stereocenters. The minimum Gasteiger partial charge on any atom is -0.454 e. The molecule has 0 amide bonds. The summed E-state index contributed by atoms with van der Waals surface area (Å²) >= 11 is 0. The minimum absolute atomic E-state index is 0.203. The lowest BCUT2D eigenvalue weighted by Gasteiger charge is -2.33. The highest BCUT2D eigenvalue weighted by molar-refractivity contribution is 5.45. The van der Waals surface area contributed by atoms with E-state index in [4.69, 9.17) is 15.2 Å². The Labute approximate surface area is 115 Å². The standard InChI is InChI=1S/C15H24N2O2/c1-15(2,3)9-17(4)12(8-16)11-5-6-13-14(7-11)19-10-18-13/h5-7,12H,8-10,16H2,1-4H3. The Bertz CT molecular complexity index is 440. The molecule has 1 atom stereocenters. The summed E-state index contributed by atoms with van der Waals surface area (Å²) in [6, 6.07) is 6.28. The van der Waals surface area contributed by atoms with E-state index in [1.54, 1.807) is 0 Å². The van der Waals surface area contributed by atoms with E-state index in [-0.39, 0.29) is 11.5 Å². The van der Waals surface area contributed by atoms with Gasteiger partial charge in [-0.15, -0.1) is 0 Å². The molecule has 0 fully saturated rings. The number of likely N-dealkylation sites (N-methyl/N-ethyl adjacent to an activating group) is 1. The van der Waals surface area contributed by atoms with Crippen LogP contribution in [0.25, 0.3) is 0 Å². The van der Waals surface area contributed by atoms with Gasteiger partial charge in [0, 0.05) is 19.1 Å². The van der Waals surface area contributed by atoms with Gasteiger partial charge in [-0.2, -0.15) is 0 Å². The maximum atomic E-state index is 5.96. The third kappa shape index (κ3) is 3.39. The second kappa shape index (κ2) is 5.39. The van der Waals surface area contributed by atoms with Gasteiger partial charge in [0.25, 0.3) is 0 Å². The van der Waals surface area contributed by atoms with E-state index in [0.29, 0.717) is 13.3 Å². The highest BCUT2D eigenvalue weighted by atomic mass is 16.7. The predicted octanol–water partition coefficient (Wildman–Crippen LogP) is 2.39. The maximum absolute atomic E-state index is 5.96. The van der Waals surface area contributed by atoms with Crippen molar-refractivity contribution < 1.29 is 9.47 Å². The third-order valence-electron chi connectivity index (χ3n) is 3.26. The zero-order valence-corrected chi connectivity index (χ0v) is 12.3. The van der Waals surface area contributed by atoms with Crippen LogP contribution in [-0.4, -0.2) is 31.8 Å². The van der Waals surface area contributed by atoms with Crippen LogP contribution in [0.1, 0.15) is 32.4 Å². The van der Waals surface area contributed by atoms with Gasteiger partial charge in [0.05, 0.1) is 0 Å². The van der Waals surface area contributed by atoms with E-state index in [1.165, 1.54) is 5.56 Å². The van der Waals surface area contributed by atoms with Crippen molar-refractivity contribution in [3.63, 3.8) is 0 Å². The topological polar surface area (TPSA) is 47.7 Å². The summed E-state index contributed by atoms with van der Waals surface area (Å²) in [6.07, 6.45) is 0. The smallest absolute Gasteiger partial charge is 0.231 e. The first-order chi connectivity index (χ1) is 8.90. The molecule has 0 aliphatic carbocycles. The SMILES string of the molecule is CN(CC(C)(C)C)C(CN)c1ccc2c(c1)OCO2. The number of benzene rings is 1. The van der Waals surface area contributed by atoms with Gasteiger partial charge >= 0.3 is 0 Å².